The molecule has 0 bridgehead atoms. The predicted octanol–water partition coefficient (Wildman–Crippen LogP) is 2.70. The van der Waals surface area contributed by atoms with Gasteiger partial charge in [0, 0.05) is 18.0 Å². The molecule has 9 heteroatoms. The monoisotopic (exact) mass is 417 g/mol. The van der Waals surface area contributed by atoms with E-state index in [2.05, 4.69) is 15.0 Å². The summed E-state index contributed by atoms with van der Waals surface area (Å²) in [7, 11) is -3.45. The Kier molecular flexibility index (Phi) is 5.29. The molecule has 1 aliphatic carbocycles. The van der Waals surface area contributed by atoms with Crippen molar-refractivity contribution >= 4 is 27.3 Å². The summed E-state index contributed by atoms with van der Waals surface area (Å²) < 4.78 is 32.3. The number of nitrogens with one attached hydrogen (secondary N) is 2. The molecule has 0 aliphatic heterocycles. The van der Waals surface area contributed by atoms with Gasteiger partial charge in [-0.25, -0.2) is 18.1 Å². The van der Waals surface area contributed by atoms with E-state index in [1.165, 1.54) is 11.3 Å². The SMILES string of the molecule is O=C(Cc1csc(-c2ccco2)n1)NCc1ccc(S(=O)(=O)NC2CC2)cc1. The molecule has 1 aromatic carbocycles. The molecule has 2 aromatic heterocycles. The van der Waals surface area contributed by atoms with Gasteiger partial charge < -0.3 is 9.73 Å². The van der Waals surface area contributed by atoms with E-state index >= 15 is 0 Å². The first kappa shape index (κ1) is 18.9. The number of rotatable bonds is 8. The van der Waals surface area contributed by atoms with Crippen molar-refractivity contribution in [3.63, 3.8) is 0 Å². The molecule has 146 valence electrons. The first-order chi connectivity index (χ1) is 13.5. The lowest BCUT2D eigenvalue weighted by atomic mass is 10.2. The molecule has 1 fully saturated rings. The van der Waals surface area contributed by atoms with Crippen LogP contribution in [-0.4, -0.2) is 25.4 Å². The molecule has 1 aliphatic rings. The Labute approximate surface area is 166 Å². The number of sulfonamides is 1. The minimum atomic E-state index is -3.45. The van der Waals surface area contributed by atoms with Gasteiger partial charge in [-0.05, 0) is 42.7 Å². The fourth-order valence-corrected chi connectivity index (χ4v) is 4.70. The number of carbonyl (C=O) groups excluding carboxylic acids is 1. The van der Waals surface area contributed by atoms with Crippen molar-refractivity contribution in [1.29, 1.82) is 0 Å². The fraction of sp³-hybridized carbons (Fsp3) is 0.263. The summed E-state index contributed by atoms with van der Waals surface area (Å²) >= 11 is 1.43. The van der Waals surface area contributed by atoms with E-state index in [9.17, 15) is 13.2 Å². The van der Waals surface area contributed by atoms with Gasteiger partial charge in [-0.15, -0.1) is 11.3 Å². The summed E-state index contributed by atoms with van der Waals surface area (Å²) in [6.07, 6.45) is 3.55. The largest absolute Gasteiger partial charge is 0.462 e. The summed E-state index contributed by atoms with van der Waals surface area (Å²) in [5.74, 6) is 0.534. The quantitative estimate of drug-likeness (QED) is 0.587. The van der Waals surface area contributed by atoms with E-state index in [1.54, 1.807) is 36.6 Å². The van der Waals surface area contributed by atoms with Crippen LogP contribution in [0.4, 0.5) is 0 Å². The second-order valence-electron chi connectivity index (χ2n) is 6.61. The maximum atomic E-state index is 12.2. The zero-order chi connectivity index (χ0) is 19.6. The van der Waals surface area contributed by atoms with Crippen LogP contribution in [0.25, 0.3) is 10.8 Å². The molecule has 3 aromatic rings. The highest BCUT2D eigenvalue weighted by Crippen LogP contribution is 2.24. The summed E-state index contributed by atoms with van der Waals surface area (Å²) in [6.45, 7) is 0.324. The maximum absolute atomic E-state index is 12.2. The van der Waals surface area contributed by atoms with Gasteiger partial charge in [-0.3, -0.25) is 4.79 Å². The Morgan fingerprint density at radius 3 is 2.68 bits per heavy atom. The smallest absolute Gasteiger partial charge is 0.240 e. The second kappa shape index (κ2) is 7.86. The molecule has 0 atom stereocenters. The van der Waals surface area contributed by atoms with Gasteiger partial charge in [0.05, 0.1) is 23.3 Å². The fourth-order valence-electron chi connectivity index (χ4n) is 2.60. The number of amides is 1. The zero-order valence-corrected chi connectivity index (χ0v) is 16.6. The normalized spacial score (nSPS) is 14.1. The van der Waals surface area contributed by atoms with Crippen LogP contribution in [0, 0.1) is 0 Å². The van der Waals surface area contributed by atoms with E-state index in [0.29, 0.717) is 18.0 Å². The maximum Gasteiger partial charge on any atom is 0.240 e. The highest BCUT2D eigenvalue weighted by Gasteiger charge is 2.27. The third kappa shape index (κ3) is 4.67. The minimum Gasteiger partial charge on any atom is -0.462 e. The van der Waals surface area contributed by atoms with Gasteiger partial charge in [-0.2, -0.15) is 0 Å². The number of carbonyl (C=O) groups is 1. The van der Waals surface area contributed by atoms with Crippen LogP contribution in [0.1, 0.15) is 24.1 Å². The minimum absolute atomic E-state index is 0.0722. The molecular formula is C19H19N3O4S2. The van der Waals surface area contributed by atoms with Gasteiger partial charge >= 0.3 is 0 Å². The van der Waals surface area contributed by atoms with Crippen LogP contribution in [0.15, 0.2) is 57.4 Å². The molecule has 7 nitrogen and oxygen atoms in total. The lowest BCUT2D eigenvalue weighted by Gasteiger charge is -2.07. The van der Waals surface area contributed by atoms with Crippen LogP contribution in [0.5, 0.6) is 0 Å². The van der Waals surface area contributed by atoms with Crippen LogP contribution in [-0.2, 0) is 27.8 Å². The third-order valence-corrected chi connectivity index (χ3v) is 6.69. The van der Waals surface area contributed by atoms with Crippen LogP contribution >= 0.6 is 11.3 Å². The van der Waals surface area contributed by atoms with E-state index < -0.39 is 10.0 Å². The lowest BCUT2D eigenvalue weighted by molar-refractivity contribution is -0.120. The average molecular weight is 418 g/mol. The Balaban J connectivity index is 1.30. The first-order valence-electron chi connectivity index (χ1n) is 8.86. The molecule has 2 N–H and O–H groups in total. The average Bonchev–Trinajstić information content (AvgIpc) is 3.12. The van der Waals surface area contributed by atoms with Crippen molar-refractivity contribution in [3.05, 3.63) is 59.3 Å². The van der Waals surface area contributed by atoms with Crippen molar-refractivity contribution in [2.24, 2.45) is 0 Å². The summed E-state index contributed by atoms with van der Waals surface area (Å²) in [6, 6.07) is 10.2. The summed E-state index contributed by atoms with van der Waals surface area (Å²) in [5, 5.41) is 5.41. The van der Waals surface area contributed by atoms with Gasteiger partial charge in [0.15, 0.2) is 10.8 Å². The van der Waals surface area contributed by atoms with Crippen LogP contribution in [0.2, 0.25) is 0 Å². The number of benzene rings is 1. The van der Waals surface area contributed by atoms with Gasteiger partial charge in [-0.1, -0.05) is 12.1 Å². The predicted molar refractivity (Wildman–Crippen MR) is 105 cm³/mol. The molecule has 0 spiro atoms. The van der Waals surface area contributed by atoms with Gasteiger partial charge in [0.2, 0.25) is 15.9 Å². The van der Waals surface area contributed by atoms with Crippen LogP contribution in [0.3, 0.4) is 0 Å². The number of furan rings is 1. The topological polar surface area (TPSA) is 101 Å². The van der Waals surface area contributed by atoms with Crippen molar-refractivity contribution in [2.45, 2.75) is 36.7 Å². The van der Waals surface area contributed by atoms with E-state index in [-0.39, 0.29) is 23.3 Å². The molecule has 28 heavy (non-hydrogen) atoms. The van der Waals surface area contributed by atoms with Gasteiger partial charge in [0.1, 0.15) is 0 Å². The third-order valence-electron chi connectivity index (χ3n) is 4.25. The molecule has 1 amide bonds. The van der Waals surface area contributed by atoms with Crippen molar-refractivity contribution in [2.75, 3.05) is 0 Å². The van der Waals surface area contributed by atoms with Crippen molar-refractivity contribution < 1.29 is 17.6 Å². The Bertz CT molecular complexity index is 1050. The van der Waals surface area contributed by atoms with E-state index in [1.807, 2.05) is 11.4 Å². The lowest BCUT2D eigenvalue weighted by Crippen LogP contribution is -2.26. The number of nitrogens with zero attached hydrogens (tertiary/aromatic N) is 1. The standard InChI is InChI=1S/C19H19N3O4S2/c23-18(10-15-12-27-19(21-15)17-2-1-9-26-17)20-11-13-3-7-16(8-4-13)28(24,25)22-14-5-6-14/h1-4,7-9,12,14,22H,5-6,10-11H2,(H,20,23). The van der Waals surface area contributed by atoms with Crippen molar-refractivity contribution in [1.82, 2.24) is 15.0 Å². The Morgan fingerprint density at radius 1 is 1.21 bits per heavy atom. The van der Waals surface area contributed by atoms with E-state index in [4.69, 9.17) is 4.42 Å². The number of hydrogen-bond acceptors (Lipinski definition) is 6. The van der Waals surface area contributed by atoms with E-state index in [0.717, 1.165) is 23.4 Å². The summed E-state index contributed by atoms with van der Waals surface area (Å²) in [4.78, 5) is 16.8. The first-order valence-corrected chi connectivity index (χ1v) is 11.2. The molecule has 0 saturated heterocycles. The zero-order valence-electron chi connectivity index (χ0n) is 14.9. The number of aromatic nitrogens is 1. The molecule has 0 radical (unpaired) electrons. The molecule has 2 heterocycles. The molecule has 0 unspecified atom stereocenters. The van der Waals surface area contributed by atoms with Crippen LogP contribution < -0.4 is 10.0 Å². The molecule has 4 rings (SSSR count). The second-order valence-corrected chi connectivity index (χ2v) is 9.19. The highest BCUT2D eigenvalue weighted by atomic mass is 32.2. The van der Waals surface area contributed by atoms with Gasteiger partial charge in [0.25, 0.3) is 0 Å². The Hall–Kier alpha value is -2.49. The Morgan fingerprint density at radius 2 is 2.00 bits per heavy atom. The highest BCUT2D eigenvalue weighted by molar-refractivity contribution is 7.89. The summed E-state index contributed by atoms with van der Waals surface area (Å²) in [5.41, 5.74) is 1.51. The van der Waals surface area contributed by atoms with Crippen molar-refractivity contribution in [3.8, 4) is 10.8 Å². The molecular weight excluding hydrogens is 398 g/mol. The number of hydrogen-bond donors (Lipinski definition) is 2. The molecule has 1 saturated carbocycles. The number of thiazole rings is 1.